The number of nitrogens with zero attached hydrogens (tertiary/aromatic N) is 1. The summed E-state index contributed by atoms with van der Waals surface area (Å²) in [5, 5.41) is 3.28. The summed E-state index contributed by atoms with van der Waals surface area (Å²) in [7, 11) is 0. The van der Waals surface area contributed by atoms with Gasteiger partial charge in [-0.25, -0.2) is 0 Å². The van der Waals surface area contributed by atoms with Gasteiger partial charge in [-0.3, -0.25) is 0 Å². The predicted octanol–water partition coefficient (Wildman–Crippen LogP) is 1.99. The molecule has 1 aromatic rings. The maximum atomic E-state index is 5.77. The van der Waals surface area contributed by atoms with Crippen LogP contribution in [0.15, 0.2) is 12.1 Å². The maximum absolute atomic E-state index is 5.77. The van der Waals surface area contributed by atoms with Crippen LogP contribution in [-0.4, -0.2) is 24.2 Å². The standard InChI is InChI=1S/C13H20N2O2/c1-9(2)10(3)17-12-5-4-11-8-14-6-7-16-13(11)15-12/h4-5,9-10,14H,6-8H2,1-3H3. The Morgan fingerprint density at radius 3 is 2.94 bits per heavy atom. The fourth-order valence-corrected chi connectivity index (χ4v) is 1.55. The average molecular weight is 236 g/mol. The van der Waals surface area contributed by atoms with Crippen molar-refractivity contribution in [3.63, 3.8) is 0 Å². The molecule has 0 saturated carbocycles. The van der Waals surface area contributed by atoms with Crippen LogP contribution in [0.4, 0.5) is 0 Å². The molecule has 0 bridgehead atoms. The van der Waals surface area contributed by atoms with Gasteiger partial charge in [0.2, 0.25) is 11.8 Å². The van der Waals surface area contributed by atoms with Crippen LogP contribution in [0.2, 0.25) is 0 Å². The fourth-order valence-electron chi connectivity index (χ4n) is 1.55. The SMILES string of the molecule is CC(C)C(C)Oc1ccc2c(n1)OCCNC2. The number of hydrogen-bond acceptors (Lipinski definition) is 4. The Bertz CT molecular complexity index is 380. The molecule has 0 spiro atoms. The molecule has 1 N–H and O–H groups in total. The molecule has 94 valence electrons. The van der Waals surface area contributed by atoms with E-state index in [0.29, 0.717) is 24.3 Å². The molecular weight excluding hydrogens is 216 g/mol. The molecule has 4 heteroatoms. The second-order valence-corrected chi connectivity index (χ2v) is 4.71. The number of fused-ring (bicyclic) bond motifs is 1. The van der Waals surface area contributed by atoms with E-state index >= 15 is 0 Å². The number of pyridine rings is 1. The Kier molecular flexibility index (Phi) is 3.84. The van der Waals surface area contributed by atoms with Crippen LogP contribution in [-0.2, 0) is 6.54 Å². The van der Waals surface area contributed by atoms with E-state index < -0.39 is 0 Å². The first-order valence-electron chi connectivity index (χ1n) is 6.17. The zero-order chi connectivity index (χ0) is 12.3. The summed E-state index contributed by atoms with van der Waals surface area (Å²) < 4.78 is 11.3. The first-order valence-corrected chi connectivity index (χ1v) is 6.17. The molecule has 0 radical (unpaired) electrons. The molecule has 0 amide bonds. The Hall–Kier alpha value is -1.29. The van der Waals surface area contributed by atoms with Crippen LogP contribution in [0.1, 0.15) is 26.3 Å². The van der Waals surface area contributed by atoms with Crippen LogP contribution in [0.25, 0.3) is 0 Å². The molecule has 2 rings (SSSR count). The minimum Gasteiger partial charge on any atom is -0.476 e. The minimum absolute atomic E-state index is 0.157. The van der Waals surface area contributed by atoms with Crippen molar-refractivity contribution in [1.29, 1.82) is 0 Å². The molecule has 1 aliphatic rings. The summed E-state index contributed by atoms with van der Waals surface area (Å²) in [6.07, 6.45) is 0.157. The number of rotatable bonds is 3. The first-order chi connectivity index (χ1) is 8.16. The van der Waals surface area contributed by atoms with E-state index in [1.54, 1.807) is 0 Å². The van der Waals surface area contributed by atoms with Crippen molar-refractivity contribution in [3.8, 4) is 11.8 Å². The lowest BCUT2D eigenvalue weighted by Crippen LogP contribution is -2.19. The van der Waals surface area contributed by atoms with E-state index in [4.69, 9.17) is 9.47 Å². The molecule has 1 aliphatic heterocycles. The van der Waals surface area contributed by atoms with Gasteiger partial charge in [0.05, 0.1) is 6.10 Å². The Labute approximate surface area is 102 Å². The highest BCUT2D eigenvalue weighted by Crippen LogP contribution is 2.22. The summed E-state index contributed by atoms with van der Waals surface area (Å²) in [6, 6.07) is 3.93. The molecule has 0 aromatic carbocycles. The van der Waals surface area contributed by atoms with Gasteiger partial charge in [0.1, 0.15) is 6.61 Å². The van der Waals surface area contributed by atoms with Gasteiger partial charge in [-0.05, 0) is 18.9 Å². The number of aromatic nitrogens is 1. The third-order valence-corrected chi connectivity index (χ3v) is 2.99. The zero-order valence-corrected chi connectivity index (χ0v) is 10.7. The summed E-state index contributed by atoms with van der Waals surface area (Å²) in [5.41, 5.74) is 1.09. The van der Waals surface area contributed by atoms with Crippen molar-refractivity contribution >= 4 is 0 Å². The van der Waals surface area contributed by atoms with Crippen molar-refractivity contribution in [1.82, 2.24) is 10.3 Å². The third kappa shape index (κ3) is 3.09. The quantitative estimate of drug-likeness (QED) is 0.871. The van der Waals surface area contributed by atoms with Crippen molar-refractivity contribution in [3.05, 3.63) is 17.7 Å². The molecule has 0 fully saturated rings. The Morgan fingerprint density at radius 2 is 2.18 bits per heavy atom. The van der Waals surface area contributed by atoms with E-state index in [9.17, 15) is 0 Å². The molecule has 0 aliphatic carbocycles. The van der Waals surface area contributed by atoms with Gasteiger partial charge < -0.3 is 14.8 Å². The molecule has 1 unspecified atom stereocenters. The van der Waals surface area contributed by atoms with Crippen LogP contribution in [0.3, 0.4) is 0 Å². The monoisotopic (exact) mass is 236 g/mol. The van der Waals surface area contributed by atoms with Crippen LogP contribution < -0.4 is 14.8 Å². The van der Waals surface area contributed by atoms with Crippen LogP contribution in [0.5, 0.6) is 11.8 Å². The molecule has 4 nitrogen and oxygen atoms in total. The van der Waals surface area contributed by atoms with Crippen molar-refractivity contribution in [2.24, 2.45) is 5.92 Å². The number of nitrogens with one attached hydrogen (secondary N) is 1. The minimum atomic E-state index is 0.157. The Balaban J connectivity index is 2.12. The first kappa shape index (κ1) is 12.2. The maximum Gasteiger partial charge on any atom is 0.221 e. The second kappa shape index (κ2) is 5.36. The van der Waals surface area contributed by atoms with Gasteiger partial charge in [-0.15, -0.1) is 0 Å². The van der Waals surface area contributed by atoms with Crippen molar-refractivity contribution in [2.45, 2.75) is 33.4 Å². The van der Waals surface area contributed by atoms with Gasteiger partial charge in [-0.1, -0.05) is 13.8 Å². The van der Waals surface area contributed by atoms with Crippen LogP contribution >= 0.6 is 0 Å². The largest absolute Gasteiger partial charge is 0.476 e. The van der Waals surface area contributed by atoms with Gasteiger partial charge in [-0.2, -0.15) is 4.98 Å². The summed E-state index contributed by atoms with van der Waals surface area (Å²) in [4.78, 5) is 4.41. The van der Waals surface area contributed by atoms with E-state index in [1.165, 1.54) is 0 Å². The molecular formula is C13H20N2O2. The van der Waals surface area contributed by atoms with Crippen molar-refractivity contribution in [2.75, 3.05) is 13.2 Å². The Morgan fingerprint density at radius 1 is 1.35 bits per heavy atom. The number of hydrogen-bond donors (Lipinski definition) is 1. The molecule has 0 saturated heterocycles. The second-order valence-electron chi connectivity index (χ2n) is 4.71. The summed E-state index contributed by atoms with van der Waals surface area (Å²) in [5.74, 6) is 1.81. The van der Waals surface area contributed by atoms with Gasteiger partial charge >= 0.3 is 0 Å². The molecule has 1 aromatic heterocycles. The lowest BCUT2D eigenvalue weighted by atomic mass is 10.1. The van der Waals surface area contributed by atoms with E-state index in [-0.39, 0.29) is 6.10 Å². The highest BCUT2D eigenvalue weighted by atomic mass is 16.5. The summed E-state index contributed by atoms with van der Waals surface area (Å²) in [6.45, 7) is 8.64. The van der Waals surface area contributed by atoms with E-state index in [1.807, 2.05) is 12.1 Å². The van der Waals surface area contributed by atoms with Crippen LogP contribution in [0, 0.1) is 5.92 Å². The van der Waals surface area contributed by atoms with Crippen molar-refractivity contribution < 1.29 is 9.47 Å². The van der Waals surface area contributed by atoms with Gasteiger partial charge in [0.15, 0.2) is 0 Å². The number of ether oxygens (including phenoxy) is 2. The molecule has 1 atom stereocenters. The average Bonchev–Trinajstić information content (AvgIpc) is 2.53. The lowest BCUT2D eigenvalue weighted by Gasteiger charge is -2.18. The lowest BCUT2D eigenvalue weighted by molar-refractivity contribution is 0.161. The van der Waals surface area contributed by atoms with E-state index in [2.05, 4.69) is 31.1 Å². The highest BCUT2D eigenvalue weighted by Gasteiger charge is 2.14. The van der Waals surface area contributed by atoms with Gasteiger partial charge in [0.25, 0.3) is 0 Å². The topological polar surface area (TPSA) is 43.4 Å². The molecule has 2 heterocycles. The van der Waals surface area contributed by atoms with E-state index in [0.717, 1.165) is 18.7 Å². The predicted molar refractivity (Wildman–Crippen MR) is 66.4 cm³/mol. The molecule has 17 heavy (non-hydrogen) atoms. The van der Waals surface area contributed by atoms with Gasteiger partial charge in [0, 0.05) is 24.7 Å². The highest BCUT2D eigenvalue weighted by molar-refractivity contribution is 5.31. The normalized spacial score (nSPS) is 16.9. The zero-order valence-electron chi connectivity index (χ0n) is 10.7. The fraction of sp³-hybridized carbons (Fsp3) is 0.615. The summed E-state index contributed by atoms with van der Waals surface area (Å²) >= 11 is 0. The smallest absolute Gasteiger partial charge is 0.221 e. The third-order valence-electron chi connectivity index (χ3n) is 2.99.